The van der Waals surface area contributed by atoms with E-state index in [2.05, 4.69) is 22.0 Å². The lowest BCUT2D eigenvalue weighted by Gasteiger charge is -2.23. The quantitative estimate of drug-likeness (QED) is 0.766. The van der Waals surface area contributed by atoms with Gasteiger partial charge in [-0.3, -0.25) is 4.79 Å². The number of pyridine rings is 1. The maximum atomic E-state index is 12.9. The molecule has 2 heterocycles. The molecule has 2 aliphatic rings. The number of hydrogen-bond acceptors (Lipinski definition) is 3. The van der Waals surface area contributed by atoms with Crippen molar-refractivity contribution in [3.8, 4) is 0 Å². The smallest absolute Gasteiger partial charge is 0.258 e. The Labute approximate surface area is 162 Å². The van der Waals surface area contributed by atoms with Gasteiger partial charge in [-0.25, -0.2) is 4.98 Å². The number of carbonyl (C=O) groups is 1. The van der Waals surface area contributed by atoms with E-state index < -0.39 is 0 Å². The fraction of sp³-hybridized carbons (Fsp3) is 0.478. The van der Waals surface area contributed by atoms with E-state index >= 15 is 0 Å². The zero-order valence-electron chi connectivity index (χ0n) is 16.2. The van der Waals surface area contributed by atoms with Crippen LogP contribution in [0.5, 0.6) is 0 Å². The molecule has 0 atom stereocenters. The molecule has 0 bridgehead atoms. The lowest BCUT2D eigenvalue weighted by Crippen LogP contribution is -2.26. The highest BCUT2D eigenvalue weighted by Gasteiger charge is 2.18. The van der Waals surface area contributed by atoms with E-state index in [0.29, 0.717) is 5.92 Å². The lowest BCUT2D eigenvalue weighted by atomic mass is 9.84. The van der Waals surface area contributed by atoms with Gasteiger partial charge in [0.1, 0.15) is 5.82 Å². The van der Waals surface area contributed by atoms with Gasteiger partial charge in [-0.15, -0.1) is 0 Å². The summed E-state index contributed by atoms with van der Waals surface area (Å²) in [4.78, 5) is 21.4. The molecule has 1 aliphatic carbocycles. The normalized spacial score (nSPS) is 17.9. The van der Waals surface area contributed by atoms with Crippen LogP contribution in [0.4, 0.5) is 11.5 Å². The number of amides is 1. The van der Waals surface area contributed by atoms with Crippen LogP contribution in [0.2, 0.25) is 0 Å². The average Bonchev–Trinajstić information content (AvgIpc) is 3.28. The van der Waals surface area contributed by atoms with E-state index in [0.717, 1.165) is 30.2 Å². The molecule has 4 nitrogen and oxygen atoms in total. The molecule has 1 amide bonds. The molecule has 2 aromatic rings. The van der Waals surface area contributed by atoms with Crippen LogP contribution < -0.4 is 9.80 Å². The van der Waals surface area contributed by atoms with Crippen LogP contribution in [0, 0.1) is 0 Å². The highest BCUT2D eigenvalue weighted by molar-refractivity contribution is 6.05. The molecule has 1 aromatic carbocycles. The first-order valence-electron chi connectivity index (χ1n) is 10.3. The SMILES string of the molecule is CN(C(=O)c1ccc(C2CCCCC2)cc1)c1ccc(N2CCCC2)nc1. The van der Waals surface area contributed by atoms with Crippen molar-refractivity contribution in [3.05, 3.63) is 53.7 Å². The minimum absolute atomic E-state index is 0.0147. The molecule has 0 spiro atoms. The molecule has 4 heteroatoms. The highest BCUT2D eigenvalue weighted by atomic mass is 16.2. The Morgan fingerprint density at radius 1 is 0.963 bits per heavy atom. The minimum atomic E-state index is 0.0147. The Balaban J connectivity index is 1.43. The van der Waals surface area contributed by atoms with Crippen molar-refractivity contribution in [1.82, 2.24) is 4.98 Å². The van der Waals surface area contributed by atoms with Gasteiger partial charge in [0, 0.05) is 25.7 Å². The minimum Gasteiger partial charge on any atom is -0.357 e. The number of carbonyl (C=O) groups excluding carboxylic acids is 1. The first kappa shape index (κ1) is 18.0. The number of rotatable bonds is 4. The number of anilines is 2. The van der Waals surface area contributed by atoms with E-state index in [1.165, 1.54) is 50.5 Å². The lowest BCUT2D eigenvalue weighted by molar-refractivity contribution is 0.0993. The van der Waals surface area contributed by atoms with E-state index in [4.69, 9.17) is 0 Å². The number of aromatic nitrogens is 1. The molecule has 1 saturated carbocycles. The molecule has 27 heavy (non-hydrogen) atoms. The first-order chi connectivity index (χ1) is 13.2. The van der Waals surface area contributed by atoms with E-state index in [1.54, 1.807) is 4.90 Å². The summed E-state index contributed by atoms with van der Waals surface area (Å²) in [6.07, 6.45) is 10.9. The van der Waals surface area contributed by atoms with Crippen molar-refractivity contribution in [1.29, 1.82) is 0 Å². The van der Waals surface area contributed by atoms with Gasteiger partial charge in [0.25, 0.3) is 5.91 Å². The van der Waals surface area contributed by atoms with Crippen LogP contribution in [0.15, 0.2) is 42.6 Å². The molecule has 142 valence electrons. The van der Waals surface area contributed by atoms with Crippen molar-refractivity contribution >= 4 is 17.4 Å². The van der Waals surface area contributed by atoms with Crippen LogP contribution in [0.3, 0.4) is 0 Å². The molecular formula is C23H29N3O. The van der Waals surface area contributed by atoms with Gasteiger partial charge in [-0.05, 0) is 61.4 Å². The zero-order valence-corrected chi connectivity index (χ0v) is 16.2. The van der Waals surface area contributed by atoms with Crippen LogP contribution in [-0.4, -0.2) is 31.0 Å². The average molecular weight is 364 g/mol. The molecule has 1 saturated heterocycles. The predicted molar refractivity (Wildman–Crippen MR) is 111 cm³/mol. The maximum absolute atomic E-state index is 12.9. The van der Waals surface area contributed by atoms with Gasteiger partial charge in [0.05, 0.1) is 11.9 Å². The van der Waals surface area contributed by atoms with Crippen molar-refractivity contribution in [2.75, 3.05) is 29.9 Å². The number of nitrogens with zero attached hydrogens (tertiary/aromatic N) is 3. The Hall–Kier alpha value is -2.36. The van der Waals surface area contributed by atoms with Crippen LogP contribution in [0.1, 0.15) is 66.8 Å². The van der Waals surface area contributed by atoms with Crippen molar-refractivity contribution in [2.45, 2.75) is 50.9 Å². The van der Waals surface area contributed by atoms with Gasteiger partial charge in [0.2, 0.25) is 0 Å². The summed E-state index contributed by atoms with van der Waals surface area (Å²) >= 11 is 0. The largest absolute Gasteiger partial charge is 0.357 e. The molecule has 1 aromatic heterocycles. The summed E-state index contributed by atoms with van der Waals surface area (Å²) in [7, 11) is 1.82. The third-order valence-electron chi connectivity index (χ3n) is 6.09. The van der Waals surface area contributed by atoms with Crippen LogP contribution >= 0.6 is 0 Å². The summed E-state index contributed by atoms with van der Waals surface area (Å²) in [5.74, 6) is 1.69. The maximum Gasteiger partial charge on any atom is 0.258 e. The van der Waals surface area contributed by atoms with Crippen LogP contribution in [-0.2, 0) is 0 Å². The Morgan fingerprint density at radius 3 is 2.30 bits per heavy atom. The predicted octanol–water partition coefficient (Wildman–Crippen LogP) is 5.01. The third-order valence-corrected chi connectivity index (χ3v) is 6.09. The summed E-state index contributed by atoms with van der Waals surface area (Å²) in [5, 5.41) is 0. The second-order valence-electron chi connectivity index (χ2n) is 7.89. The summed E-state index contributed by atoms with van der Waals surface area (Å²) < 4.78 is 0. The molecule has 1 aliphatic heterocycles. The molecular weight excluding hydrogens is 334 g/mol. The molecule has 2 fully saturated rings. The van der Waals surface area contributed by atoms with Crippen LogP contribution in [0.25, 0.3) is 0 Å². The fourth-order valence-corrected chi connectivity index (χ4v) is 4.35. The Kier molecular flexibility index (Phi) is 5.42. The van der Waals surface area contributed by atoms with E-state index in [1.807, 2.05) is 37.5 Å². The number of hydrogen-bond donors (Lipinski definition) is 0. The van der Waals surface area contributed by atoms with Gasteiger partial charge in [0.15, 0.2) is 0 Å². The second-order valence-corrected chi connectivity index (χ2v) is 7.89. The molecule has 0 N–H and O–H groups in total. The summed E-state index contributed by atoms with van der Waals surface area (Å²) in [6.45, 7) is 2.16. The van der Waals surface area contributed by atoms with Gasteiger partial charge < -0.3 is 9.80 Å². The summed E-state index contributed by atoms with van der Waals surface area (Å²) in [5.41, 5.74) is 2.95. The fourth-order valence-electron chi connectivity index (χ4n) is 4.35. The Morgan fingerprint density at radius 2 is 1.67 bits per heavy atom. The molecule has 0 radical (unpaired) electrons. The number of benzene rings is 1. The van der Waals surface area contributed by atoms with Gasteiger partial charge in [-0.1, -0.05) is 31.4 Å². The van der Waals surface area contributed by atoms with Crippen molar-refractivity contribution < 1.29 is 4.79 Å². The van der Waals surface area contributed by atoms with Crippen molar-refractivity contribution in [2.24, 2.45) is 0 Å². The molecule has 4 rings (SSSR count). The van der Waals surface area contributed by atoms with E-state index in [9.17, 15) is 4.79 Å². The Bertz CT molecular complexity index is 757. The van der Waals surface area contributed by atoms with Gasteiger partial charge >= 0.3 is 0 Å². The van der Waals surface area contributed by atoms with Crippen molar-refractivity contribution in [3.63, 3.8) is 0 Å². The topological polar surface area (TPSA) is 36.4 Å². The molecule has 0 unspecified atom stereocenters. The van der Waals surface area contributed by atoms with E-state index in [-0.39, 0.29) is 5.91 Å². The summed E-state index contributed by atoms with van der Waals surface area (Å²) in [6, 6.07) is 12.3. The zero-order chi connectivity index (χ0) is 18.6. The second kappa shape index (κ2) is 8.12. The first-order valence-corrected chi connectivity index (χ1v) is 10.3. The monoisotopic (exact) mass is 363 g/mol. The highest BCUT2D eigenvalue weighted by Crippen LogP contribution is 2.32. The van der Waals surface area contributed by atoms with Gasteiger partial charge in [-0.2, -0.15) is 0 Å². The standard InChI is InChI=1S/C23H29N3O/c1-25(21-13-14-22(24-17-21)26-15-5-6-16-26)23(27)20-11-9-19(10-12-20)18-7-3-2-4-8-18/h9-14,17-18H,2-8,15-16H2,1H3. The third kappa shape index (κ3) is 4.00.